The summed E-state index contributed by atoms with van der Waals surface area (Å²) in [4.78, 5) is 0. The number of rotatable bonds is 1. The molecule has 0 spiro atoms. The van der Waals surface area contributed by atoms with Crippen LogP contribution in [-0.4, -0.2) is 6.54 Å². The van der Waals surface area contributed by atoms with Gasteiger partial charge < -0.3 is 5.73 Å². The van der Waals surface area contributed by atoms with E-state index in [1.165, 1.54) is 6.08 Å². The maximum atomic E-state index is 12.6. The van der Waals surface area contributed by atoms with Gasteiger partial charge in [0.2, 0.25) is 0 Å². The average molecular weight is 141 g/mol. The molecule has 56 valence electrons. The van der Waals surface area contributed by atoms with Gasteiger partial charge in [-0.2, -0.15) is 0 Å². The Bertz CT molecular complexity index is 182. The standard InChI is InChI=1S/C8H12FN/c1-6-4-7(5-10)2-3-8(6)9/h2-3,7H,4-5,10H2,1H3/t7-/m0/s1. The zero-order valence-corrected chi connectivity index (χ0v) is 6.10. The second kappa shape index (κ2) is 2.97. The lowest BCUT2D eigenvalue weighted by atomic mass is 9.95. The molecule has 1 aliphatic carbocycles. The van der Waals surface area contributed by atoms with Gasteiger partial charge in [0.25, 0.3) is 0 Å². The van der Waals surface area contributed by atoms with Crippen LogP contribution in [0, 0.1) is 5.92 Å². The Kier molecular flexibility index (Phi) is 2.22. The van der Waals surface area contributed by atoms with E-state index < -0.39 is 0 Å². The highest BCUT2D eigenvalue weighted by molar-refractivity contribution is 5.24. The molecular weight excluding hydrogens is 129 g/mol. The highest BCUT2D eigenvalue weighted by Gasteiger charge is 2.10. The highest BCUT2D eigenvalue weighted by atomic mass is 19.1. The summed E-state index contributed by atoms with van der Waals surface area (Å²) in [5.41, 5.74) is 6.23. The molecular formula is C8H12FN. The van der Waals surface area contributed by atoms with E-state index in [0.717, 1.165) is 12.0 Å². The largest absolute Gasteiger partial charge is 0.330 e. The summed E-state index contributed by atoms with van der Waals surface area (Å²) in [5.74, 6) is 0.254. The molecule has 0 amide bonds. The van der Waals surface area contributed by atoms with Crippen LogP contribution in [0.2, 0.25) is 0 Å². The number of allylic oxidation sites excluding steroid dienone is 3. The quantitative estimate of drug-likeness (QED) is 0.591. The first-order chi connectivity index (χ1) is 4.74. The monoisotopic (exact) mass is 141 g/mol. The van der Waals surface area contributed by atoms with Gasteiger partial charge in [-0.3, -0.25) is 0 Å². The first-order valence-electron chi connectivity index (χ1n) is 3.47. The van der Waals surface area contributed by atoms with Gasteiger partial charge in [-0.15, -0.1) is 0 Å². The molecule has 0 radical (unpaired) electrons. The Hall–Kier alpha value is -0.630. The smallest absolute Gasteiger partial charge is 0.121 e. The van der Waals surface area contributed by atoms with Crippen molar-refractivity contribution in [2.24, 2.45) is 11.7 Å². The van der Waals surface area contributed by atoms with Crippen molar-refractivity contribution in [2.45, 2.75) is 13.3 Å². The number of hydrogen-bond donors (Lipinski definition) is 1. The minimum Gasteiger partial charge on any atom is -0.330 e. The van der Waals surface area contributed by atoms with Crippen LogP contribution < -0.4 is 5.73 Å². The third-order valence-corrected chi connectivity index (χ3v) is 1.79. The van der Waals surface area contributed by atoms with Crippen molar-refractivity contribution in [3.63, 3.8) is 0 Å². The van der Waals surface area contributed by atoms with E-state index in [1.807, 2.05) is 13.0 Å². The van der Waals surface area contributed by atoms with E-state index in [-0.39, 0.29) is 5.83 Å². The normalized spacial score (nSPS) is 25.7. The second-order valence-electron chi connectivity index (χ2n) is 2.69. The summed E-state index contributed by atoms with van der Waals surface area (Å²) in [6, 6.07) is 0. The fraction of sp³-hybridized carbons (Fsp3) is 0.500. The number of hydrogen-bond acceptors (Lipinski definition) is 1. The van der Waals surface area contributed by atoms with Crippen molar-refractivity contribution < 1.29 is 4.39 Å². The minimum absolute atomic E-state index is 0.0929. The van der Waals surface area contributed by atoms with Crippen molar-refractivity contribution in [1.29, 1.82) is 0 Å². The zero-order chi connectivity index (χ0) is 7.56. The van der Waals surface area contributed by atoms with E-state index >= 15 is 0 Å². The molecule has 2 N–H and O–H groups in total. The summed E-state index contributed by atoms with van der Waals surface area (Å²) in [6.45, 7) is 2.42. The number of halogens is 1. The molecule has 0 unspecified atom stereocenters. The molecule has 0 aromatic rings. The van der Waals surface area contributed by atoms with Gasteiger partial charge in [0.05, 0.1) is 0 Å². The Morgan fingerprint density at radius 3 is 3.00 bits per heavy atom. The molecule has 0 saturated carbocycles. The topological polar surface area (TPSA) is 26.0 Å². The predicted octanol–water partition coefficient (Wildman–Crippen LogP) is 1.76. The SMILES string of the molecule is CC1=C(F)C=C[C@H](CN)C1. The third kappa shape index (κ3) is 1.45. The van der Waals surface area contributed by atoms with E-state index in [1.54, 1.807) is 0 Å². The maximum Gasteiger partial charge on any atom is 0.121 e. The van der Waals surface area contributed by atoms with Gasteiger partial charge in [0.15, 0.2) is 0 Å². The van der Waals surface area contributed by atoms with Crippen molar-refractivity contribution in [2.75, 3.05) is 6.54 Å². The van der Waals surface area contributed by atoms with Crippen LogP contribution in [0.3, 0.4) is 0 Å². The lowest BCUT2D eigenvalue weighted by Gasteiger charge is -2.14. The maximum absolute atomic E-state index is 12.6. The van der Waals surface area contributed by atoms with E-state index in [4.69, 9.17) is 5.73 Å². The first-order valence-corrected chi connectivity index (χ1v) is 3.47. The van der Waals surface area contributed by atoms with Gasteiger partial charge in [0.1, 0.15) is 5.83 Å². The van der Waals surface area contributed by atoms with Crippen LogP contribution in [0.25, 0.3) is 0 Å². The van der Waals surface area contributed by atoms with Crippen LogP contribution in [-0.2, 0) is 0 Å². The molecule has 1 rings (SSSR count). The zero-order valence-electron chi connectivity index (χ0n) is 6.10. The van der Waals surface area contributed by atoms with E-state index in [2.05, 4.69) is 0 Å². The van der Waals surface area contributed by atoms with Crippen molar-refractivity contribution >= 4 is 0 Å². The molecule has 1 aliphatic rings. The molecule has 0 bridgehead atoms. The Morgan fingerprint density at radius 2 is 2.50 bits per heavy atom. The van der Waals surface area contributed by atoms with Crippen molar-refractivity contribution in [3.8, 4) is 0 Å². The summed E-state index contributed by atoms with van der Waals surface area (Å²) in [6.07, 6.45) is 4.12. The van der Waals surface area contributed by atoms with Gasteiger partial charge in [-0.05, 0) is 37.5 Å². The van der Waals surface area contributed by atoms with E-state index in [0.29, 0.717) is 12.5 Å². The minimum atomic E-state index is -0.0929. The van der Waals surface area contributed by atoms with Crippen LogP contribution in [0.15, 0.2) is 23.6 Å². The summed E-state index contributed by atoms with van der Waals surface area (Å²) in [5, 5.41) is 0. The molecule has 0 fully saturated rings. The van der Waals surface area contributed by atoms with Gasteiger partial charge in [-0.1, -0.05) is 6.08 Å². The molecule has 1 atom stereocenters. The van der Waals surface area contributed by atoms with Crippen molar-refractivity contribution in [1.82, 2.24) is 0 Å². The van der Waals surface area contributed by atoms with Crippen LogP contribution in [0.5, 0.6) is 0 Å². The predicted molar refractivity (Wildman–Crippen MR) is 40.1 cm³/mol. The summed E-state index contributed by atoms with van der Waals surface area (Å²) < 4.78 is 12.6. The Morgan fingerprint density at radius 1 is 1.80 bits per heavy atom. The fourth-order valence-electron chi connectivity index (χ4n) is 1.08. The molecule has 0 aliphatic heterocycles. The van der Waals surface area contributed by atoms with Gasteiger partial charge in [0, 0.05) is 0 Å². The summed E-state index contributed by atoms with van der Waals surface area (Å²) >= 11 is 0. The molecule has 0 aromatic carbocycles. The number of nitrogens with two attached hydrogens (primary N) is 1. The molecule has 0 aromatic heterocycles. The molecule has 10 heavy (non-hydrogen) atoms. The molecule has 2 heteroatoms. The van der Waals surface area contributed by atoms with Crippen molar-refractivity contribution in [3.05, 3.63) is 23.6 Å². The first kappa shape index (κ1) is 7.48. The lowest BCUT2D eigenvalue weighted by Crippen LogP contribution is -2.14. The average Bonchev–Trinajstić information content (AvgIpc) is 1.95. The Balaban J connectivity index is 2.65. The van der Waals surface area contributed by atoms with Gasteiger partial charge in [-0.25, -0.2) is 4.39 Å². The fourth-order valence-corrected chi connectivity index (χ4v) is 1.08. The second-order valence-corrected chi connectivity index (χ2v) is 2.69. The van der Waals surface area contributed by atoms with Gasteiger partial charge >= 0.3 is 0 Å². The van der Waals surface area contributed by atoms with Crippen LogP contribution in [0.4, 0.5) is 4.39 Å². The molecule has 0 saturated heterocycles. The summed E-state index contributed by atoms with van der Waals surface area (Å²) in [7, 11) is 0. The molecule has 1 nitrogen and oxygen atoms in total. The van der Waals surface area contributed by atoms with E-state index in [9.17, 15) is 4.39 Å². The lowest BCUT2D eigenvalue weighted by molar-refractivity contribution is 0.581. The van der Waals surface area contributed by atoms with Crippen LogP contribution >= 0.6 is 0 Å². The highest BCUT2D eigenvalue weighted by Crippen LogP contribution is 2.22. The molecule has 0 heterocycles. The van der Waals surface area contributed by atoms with Crippen LogP contribution in [0.1, 0.15) is 13.3 Å². The Labute approximate surface area is 60.4 Å². The third-order valence-electron chi connectivity index (χ3n) is 1.79.